The van der Waals surface area contributed by atoms with Gasteiger partial charge >= 0.3 is 6.03 Å². The standard InChI is InChI=1S/C14H15BrN4O2/c1-21-12-4-2-11(3-5-12)19-14(20)18-7-9-6-10(15)8-17-13(9)16/h2-6,8H,7H2,1H3,(H2,16,17)(H2,18,19,20). The topological polar surface area (TPSA) is 89.3 Å². The molecule has 2 aromatic rings. The molecule has 0 radical (unpaired) electrons. The molecule has 1 aromatic carbocycles. The van der Waals surface area contributed by atoms with Crippen LogP contribution >= 0.6 is 15.9 Å². The average Bonchev–Trinajstić information content (AvgIpc) is 2.49. The van der Waals surface area contributed by atoms with E-state index in [1.54, 1.807) is 37.6 Å². The molecule has 0 unspecified atom stereocenters. The van der Waals surface area contributed by atoms with Crippen molar-refractivity contribution < 1.29 is 9.53 Å². The second kappa shape index (κ2) is 6.94. The summed E-state index contributed by atoms with van der Waals surface area (Å²) < 4.78 is 5.86. The predicted octanol–water partition coefficient (Wildman–Crippen LogP) is 2.76. The van der Waals surface area contributed by atoms with Gasteiger partial charge < -0.3 is 21.1 Å². The number of ether oxygens (including phenoxy) is 1. The highest BCUT2D eigenvalue weighted by Gasteiger charge is 2.05. The second-order valence-electron chi connectivity index (χ2n) is 4.23. The second-order valence-corrected chi connectivity index (χ2v) is 5.15. The van der Waals surface area contributed by atoms with Gasteiger partial charge in [0.05, 0.1) is 7.11 Å². The molecule has 0 fully saturated rings. The number of aromatic nitrogens is 1. The largest absolute Gasteiger partial charge is 0.497 e. The number of hydrogen-bond acceptors (Lipinski definition) is 4. The zero-order chi connectivity index (χ0) is 15.2. The Morgan fingerprint density at radius 1 is 1.38 bits per heavy atom. The average molecular weight is 351 g/mol. The van der Waals surface area contributed by atoms with Crippen molar-refractivity contribution in [3.05, 3.63) is 46.6 Å². The van der Waals surface area contributed by atoms with Crippen LogP contribution in [0.25, 0.3) is 0 Å². The molecule has 0 saturated carbocycles. The molecule has 0 aliphatic heterocycles. The first-order valence-electron chi connectivity index (χ1n) is 6.17. The van der Waals surface area contributed by atoms with E-state index in [9.17, 15) is 4.79 Å². The summed E-state index contributed by atoms with van der Waals surface area (Å²) in [5, 5.41) is 5.44. The van der Waals surface area contributed by atoms with Gasteiger partial charge in [-0.25, -0.2) is 9.78 Å². The van der Waals surface area contributed by atoms with Crippen molar-refractivity contribution in [1.82, 2.24) is 10.3 Å². The number of nitrogens with zero attached hydrogens (tertiary/aromatic N) is 1. The van der Waals surface area contributed by atoms with Gasteiger partial charge in [0.25, 0.3) is 0 Å². The maximum atomic E-state index is 11.8. The molecule has 7 heteroatoms. The Hall–Kier alpha value is -2.28. The van der Waals surface area contributed by atoms with Crippen LogP contribution in [0, 0.1) is 0 Å². The lowest BCUT2D eigenvalue weighted by Crippen LogP contribution is -2.28. The van der Waals surface area contributed by atoms with Gasteiger partial charge in [-0.15, -0.1) is 0 Å². The molecule has 1 aromatic heterocycles. The molecule has 1 heterocycles. The van der Waals surface area contributed by atoms with Crippen molar-refractivity contribution in [2.24, 2.45) is 0 Å². The molecule has 0 saturated heterocycles. The van der Waals surface area contributed by atoms with Gasteiger partial charge in [-0.2, -0.15) is 0 Å². The summed E-state index contributed by atoms with van der Waals surface area (Å²) in [6.07, 6.45) is 1.61. The van der Waals surface area contributed by atoms with Crippen molar-refractivity contribution >= 4 is 33.5 Å². The van der Waals surface area contributed by atoms with Gasteiger partial charge in [-0.3, -0.25) is 0 Å². The molecule has 6 nitrogen and oxygen atoms in total. The Morgan fingerprint density at radius 2 is 2.10 bits per heavy atom. The van der Waals surface area contributed by atoms with E-state index in [0.717, 1.165) is 15.8 Å². The molecular formula is C14H15BrN4O2. The van der Waals surface area contributed by atoms with Gasteiger partial charge in [0.2, 0.25) is 0 Å². The van der Waals surface area contributed by atoms with E-state index < -0.39 is 0 Å². The van der Waals surface area contributed by atoms with Gasteiger partial charge in [0.1, 0.15) is 11.6 Å². The molecular weight excluding hydrogens is 336 g/mol. The molecule has 0 aliphatic carbocycles. The van der Waals surface area contributed by atoms with Crippen molar-refractivity contribution in [3.8, 4) is 5.75 Å². The summed E-state index contributed by atoms with van der Waals surface area (Å²) in [5.41, 5.74) is 7.16. The van der Waals surface area contributed by atoms with Crippen LogP contribution in [-0.2, 0) is 6.54 Å². The first-order chi connectivity index (χ1) is 10.1. The van der Waals surface area contributed by atoms with E-state index in [-0.39, 0.29) is 6.03 Å². The third-order valence-electron chi connectivity index (χ3n) is 2.76. The van der Waals surface area contributed by atoms with Crippen LogP contribution in [0.3, 0.4) is 0 Å². The minimum Gasteiger partial charge on any atom is -0.497 e. The van der Waals surface area contributed by atoms with E-state index in [1.165, 1.54) is 0 Å². The van der Waals surface area contributed by atoms with Gasteiger partial charge in [0.15, 0.2) is 0 Å². The fourth-order valence-corrected chi connectivity index (χ4v) is 2.04. The Bertz CT molecular complexity index is 631. The van der Waals surface area contributed by atoms with Crippen LogP contribution in [0.1, 0.15) is 5.56 Å². The number of halogens is 1. The number of benzene rings is 1. The number of pyridine rings is 1. The molecule has 110 valence electrons. The maximum Gasteiger partial charge on any atom is 0.319 e. The fraction of sp³-hybridized carbons (Fsp3) is 0.143. The number of methoxy groups -OCH3 is 1. The molecule has 2 amide bonds. The quantitative estimate of drug-likeness (QED) is 0.790. The number of carbonyl (C=O) groups is 1. The van der Waals surface area contributed by atoms with Crippen molar-refractivity contribution in [1.29, 1.82) is 0 Å². The Morgan fingerprint density at radius 3 is 2.76 bits per heavy atom. The monoisotopic (exact) mass is 350 g/mol. The lowest BCUT2D eigenvalue weighted by molar-refractivity contribution is 0.252. The molecule has 0 atom stereocenters. The number of rotatable bonds is 4. The third kappa shape index (κ3) is 4.35. The van der Waals surface area contributed by atoms with E-state index >= 15 is 0 Å². The Kier molecular flexibility index (Phi) is 4.99. The summed E-state index contributed by atoms with van der Waals surface area (Å²) in [7, 11) is 1.59. The number of hydrogen-bond donors (Lipinski definition) is 3. The van der Waals surface area contributed by atoms with Gasteiger partial charge in [-0.1, -0.05) is 0 Å². The Balaban J connectivity index is 1.91. The van der Waals surface area contributed by atoms with Gasteiger partial charge in [-0.05, 0) is 46.3 Å². The lowest BCUT2D eigenvalue weighted by atomic mass is 10.2. The summed E-state index contributed by atoms with van der Waals surface area (Å²) in [6, 6.07) is 8.55. The van der Waals surface area contributed by atoms with E-state index in [1.807, 2.05) is 6.07 Å². The van der Waals surface area contributed by atoms with Crippen LogP contribution < -0.4 is 21.1 Å². The zero-order valence-electron chi connectivity index (χ0n) is 11.4. The first-order valence-corrected chi connectivity index (χ1v) is 6.96. The predicted molar refractivity (Wildman–Crippen MR) is 85.2 cm³/mol. The minimum atomic E-state index is -0.320. The Labute approximate surface area is 130 Å². The van der Waals surface area contributed by atoms with Crippen molar-refractivity contribution in [2.75, 3.05) is 18.2 Å². The highest BCUT2D eigenvalue weighted by atomic mass is 79.9. The van der Waals surface area contributed by atoms with Crippen LogP contribution in [-0.4, -0.2) is 18.1 Å². The minimum absolute atomic E-state index is 0.292. The normalized spacial score (nSPS) is 10.0. The van der Waals surface area contributed by atoms with E-state index in [2.05, 4.69) is 31.5 Å². The van der Waals surface area contributed by atoms with Crippen LogP contribution in [0.2, 0.25) is 0 Å². The molecule has 4 N–H and O–H groups in total. The fourth-order valence-electron chi connectivity index (χ4n) is 1.66. The number of carbonyl (C=O) groups excluding carboxylic acids is 1. The van der Waals surface area contributed by atoms with E-state index in [4.69, 9.17) is 10.5 Å². The highest BCUT2D eigenvalue weighted by molar-refractivity contribution is 9.10. The molecule has 0 aliphatic rings. The molecule has 21 heavy (non-hydrogen) atoms. The van der Waals surface area contributed by atoms with Crippen molar-refractivity contribution in [2.45, 2.75) is 6.54 Å². The molecule has 0 spiro atoms. The number of nitrogens with one attached hydrogen (secondary N) is 2. The smallest absolute Gasteiger partial charge is 0.319 e. The van der Waals surface area contributed by atoms with Crippen LogP contribution in [0.4, 0.5) is 16.3 Å². The maximum absolute atomic E-state index is 11.8. The summed E-state index contributed by atoms with van der Waals surface area (Å²) in [6.45, 7) is 0.292. The number of nitrogen functional groups attached to an aromatic ring is 1. The molecule has 2 rings (SSSR count). The molecule has 0 bridgehead atoms. The van der Waals surface area contributed by atoms with Crippen molar-refractivity contribution in [3.63, 3.8) is 0 Å². The third-order valence-corrected chi connectivity index (χ3v) is 3.19. The first kappa shape index (κ1) is 15.1. The zero-order valence-corrected chi connectivity index (χ0v) is 13.0. The summed E-state index contributed by atoms with van der Waals surface area (Å²) in [5.74, 6) is 1.12. The number of anilines is 2. The number of nitrogens with two attached hydrogens (primary N) is 1. The summed E-state index contributed by atoms with van der Waals surface area (Å²) in [4.78, 5) is 15.8. The van der Waals surface area contributed by atoms with Gasteiger partial charge in [0, 0.05) is 28.5 Å². The van der Waals surface area contributed by atoms with Crippen LogP contribution in [0.15, 0.2) is 41.0 Å². The summed E-state index contributed by atoms with van der Waals surface area (Å²) >= 11 is 3.31. The van der Waals surface area contributed by atoms with E-state index in [0.29, 0.717) is 18.1 Å². The highest BCUT2D eigenvalue weighted by Crippen LogP contribution is 2.16. The number of amides is 2. The lowest BCUT2D eigenvalue weighted by Gasteiger charge is -2.09. The SMILES string of the molecule is COc1ccc(NC(=O)NCc2cc(Br)cnc2N)cc1. The number of urea groups is 1. The van der Waals surface area contributed by atoms with Crippen LogP contribution in [0.5, 0.6) is 5.75 Å².